The van der Waals surface area contributed by atoms with Crippen LogP contribution in [0.2, 0.25) is 0 Å². The molecule has 1 aliphatic heterocycles. The second-order valence-corrected chi connectivity index (χ2v) is 6.65. The van der Waals surface area contributed by atoms with Gasteiger partial charge in [-0.15, -0.1) is 0 Å². The molecule has 1 unspecified atom stereocenters. The Kier molecular flexibility index (Phi) is 5.76. The normalized spacial score (nSPS) is 18.7. The zero-order valence-electron chi connectivity index (χ0n) is 14.0. The van der Waals surface area contributed by atoms with E-state index >= 15 is 0 Å². The van der Waals surface area contributed by atoms with Gasteiger partial charge in [-0.25, -0.2) is 0 Å². The topological polar surface area (TPSA) is 35.7 Å². The van der Waals surface area contributed by atoms with Crippen LogP contribution in [0.5, 0.6) is 0 Å². The first-order chi connectivity index (χ1) is 10.0. The van der Waals surface area contributed by atoms with E-state index in [0.717, 1.165) is 26.2 Å². The number of hydrogen-bond acceptors (Lipinski definition) is 4. The molecule has 4 heteroatoms. The molecule has 0 fully saturated rings. The van der Waals surface area contributed by atoms with Crippen LogP contribution in [0.3, 0.4) is 0 Å². The van der Waals surface area contributed by atoms with Crippen molar-refractivity contribution in [2.24, 2.45) is 5.73 Å². The summed E-state index contributed by atoms with van der Waals surface area (Å²) in [6, 6.07) is 7.31. The largest absolute Gasteiger partial charge is 0.329 e. The van der Waals surface area contributed by atoms with Crippen molar-refractivity contribution in [3.63, 3.8) is 0 Å². The monoisotopic (exact) mass is 290 g/mol. The molecule has 0 aliphatic carbocycles. The predicted octanol–water partition coefficient (Wildman–Crippen LogP) is 1.52. The molecule has 1 aromatic carbocycles. The van der Waals surface area contributed by atoms with Gasteiger partial charge >= 0.3 is 0 Å². The van der Waals surface area contributed by atoms with E-state index < -0.39 is 0 Å². The Morgan fingerprint density at radius 1 is 1.19 bits per heavy atom. The van der Waals surface area contributed by atoms with Crippen LogP contribution in [-0.4, -0.2) is 62.5 Å². The first-order valence-electron chi connectivity index (χ1n) is 7.86. The van der Waals surface area contributed by atoms with Gasteiger partial charge in [0.2, 0.25) is 0 Å². The van der Waals surface area contributed by atoms with Crippen LogP contribution in [-0.2, 0) is 13.1 Å². The fourth-order valence-corrected chi connectivity index (χ4v) is 3.19. The molecule has 1 aliphatic rings. The van der Waals surface area contributed by atoms with E-state index in [1.54, 1.807) is 0 Å². The van der Waals surface area contributed by atoms with Gasteiger partial charge in [-0.1, -0.05) is 18.2 Å². The molecule has 1 atom stereocenters. The fourth-order valence-electron chi connectivity index (χ4n) is 3.19. The maximum atomic E-state index is 6.06. The van der Waals surface area contributed by atoms with Crippen LogP contribution < -0.4 is 5.73 Å². The summed E-state index contributed by atoms with van der Waals surface area (Å²) < 4.78 is 0. The number of hydrogen-bond donors (Lipinski definition) is 1. The number of nitrogens with two attached hydrogens (primary N) is 1. The Labute approximate surface area is 129 Å². The van der Waals surface area contributed by atoms with Gasteiger partial charge in [-0.3, -0.25) is 4.90 Å². The first-order valence-corrected chi connectivity index (χ1v) is 7.86. The van der Waals surface area contributed by atoms with E-state index in [2.05, 4.69) is 61.1 Å². The molecule has 21 heavy (non-hydrogen) atoms. The maximum absolute atomic E-state index is 6.06. The quantitative estimate of drug-likeness (QED) is 0.826. The summed E-state index contributed by atoms with van der Waals surface area (Å²) in [5.74, 6) is 0. The fraction of sp³-hybridized carbons (Fsp3) is 0.647. The summed E-state index contributed by atoms with van der Waals surface area (Å²) >= 11 is 0. The summed E-state index contributed by atoms with van der Waals surface area (Å²) in [5, 5.41) is 0. The van der Waals surface area contributed by atoms with Crippen molar-refractivity contribution in [3.05, 3.63) is 34.9 Å². The average molecular weight is 290 g/mol. The van der Waals surface area contributed by atoms with E-state index in [1.807, 2.05) is 0 Å². The average Bonchev–Trinajstić information content (AvgIpc) is 2.74. The lowest BCUT2D eigenvalue weighted by Gasteiger charge is -2.24. The Bertz CT molecular complexity index is 456. The lowest BCUT2D eigenvalue weighted by Crippen LogP contribution is -2.30. The van der Waals surface area contributed by atoms with Crippen molar-refractivity contribution in [1.29, 1.82) is 0 Å². The van der Waals surface area contributed by atoms with Crippen LogP contribution in [0.1, 0.15) is 29.2 Å². The lowest BCUT2D eigenvalue weighted by atomic mass is 10.0. The van der Waals surface area contributed by atoms with Gasteiger partial charge in [0.15, 0.2) is 0 Å². The van der Waals surface area contributed by atoms with Gasteiger partial charge in [0.05, 0.1) is 0 Å². The highest BCUT2D eigenvalue weighted by atomic mass is 15.2. The SMILES string of the molecule is CN(C)CCCN1Cc2ccc(CN(C)C)cc2C1CN. The third-order valence-electron chi connectivity index (χ3n) is 4.16. The van der Waals surface area contributed by atoms with Crippen LogP contribution in [0.15, 0.2) is 18.2 Å². The van der Waals surface area contributed by atoms with E-state index in [4.69, 9.17) is 5.73 Å². The van der Waals surface area contributed by atoms with E-state index in [-0.39, 0.29) is 0 Å². The highest BCUT2D eigenvalue weighted by molar-refractivity contribution is 5.38. The Hall–Kier alpha value is -0.940. The van der Waals surface area contributed by atoms with Gasteiger partial charge in [-0.2, -0.15) is 0 Å². The predicted molar refractivity (Wildman–Crippen MR) is 89.2 cm³/mol. The molecule has 2 rings (SSSR count). The molecule has 0 amide bonds. The van der Waals surface area contributed by atoms with Crippen molar-refractivity contribution in [2.75, 3.05) is 47.8 Å². The number of fused-ring (bicyclic) bond motifs is 1. The summed E-state index contributed by atoms with van der Waals surface area (Å²) in [4.78, 5) is 6.99. The number of nitrogens with zero attached hydrogens (tertiary/aromatic N) is 3. The molecular formula is C17H30N4. The molecule has 0 aromatic heterocycles. The van der Waals surface area contributed by atoms with Gasteiger partial charge < -0.3 is 15.5 Å². The molecule has 0 saturated carbocycles. The third kappa shape index (κ3) is 4.27. The molecule has 0 spiro atoms. The standard InChI is InChI=1S/C17H30N4/c1-19(2)8-5-9-21-13-15-7-6-14(12-20(3)4)10-16(15)17(21)11-18/h6-7,10,17H,5,8-9,11-13,18H2,1-4H3. The van der Waals surface area contributed by atoms with Gasteiger partial charge in [-0.05, 0) is 57.8 Å². The summed E-state index contributed by atoms with van der Waals surface area (Å²) in [7, 11) is 8.49. The lowest BCUT2D eigenvalue weighted by molar-refractivity contribution is 0.208. The second-order valence-electron chi connectivity index (χ2n) is 6.65. The van der Waals surface area contributed by atoms with Crippen molar-refractivity contribution in [3.8, 4) is 0 Å². The molecule has 0 bridgehead atoms. The minimum absolute atomic E-state index is 0.393. The maximum Gasteiger partial charge on any atom is 0.0477 e. The van der Waals surface area contributed by atoms with Crippen LogP contribution in [0, 0.1) is 0 Å². The minimum atomic E-state index is 0.393. The van der Waals surface area contributed by atoms with Crippen molar-refractivity contribution in [1.82, 2.24) is 14.7 Å². The highest BCUT2D eigenvalue weighted by Crippen LogP contribution is 2.33. The van der Waals surface area contributed by atoms with Crippen molar-refractivity contribution in [2.45, 2.75) is 25.6 Å². The van der Waals surface area contributed by atoms with Crippen LogP contribution in [0.25, 0.3) is 0 Å². The molecule has 4 nitrogen and oxygen atoms in total. The molecule has 0 saturated heterocycles. The van der Waals surface area contributed by atoms with E-state index in [1.165, 1.54) is 23.1 Å². The smallest absolute Gasteiger partial charge is 0.0477 e. The van der Waals surface area contributed by atoms with E-state index in [9.17, 15) is 0 Å². The summed E-state index contributed by atoms with van der Waals surface area (Å²) in [6.45, 7) is 5.01. The van der Waals surface area contributed by atoms with Gasteiger partial charge in [0.25, 0.3) is 0 Å². The van der Waals surface area contributed by atoms with Crippen LogP contribution >= 0.6 is 0 Å². The Balaban J connectivity index is 2.06. The highest BCUT2D eigenvalue weighted by Gasteiger charge is 2.28. The first kappa shape index (κ1) is 16.4. The van der Waals surface area contributed by atoms with Gasteiger partial charge in [0.1, 0.15) is 0 Å². The molecule has 118 valence electrons. The second kappa shape index (κ2) is 7.36. The minimum Gasteiger partial charge on any atom is -0.329 e. The van der Waals surface area contributed by atoms with Crippen LogP contribution in [0.4, 0.5) is 0 Å². The Morgan fingerprint density at radius 3 is 2.57 bits per heavy atom. The number of benzene rings is 1. The molecule has 1 heterocycles. The number of rotatable bonds is 7. The van der Waals surface area contributed by atoms with Crippen molar-refractivity contribution < 1.29 is 0 Å². The molecule has 2 N–H and O–H groups in total. The molecule has 1 aromatic rings. The molecular weight excluding hydrogens is 260 g/mol. The zero-order valence-corrected chi connectivity index (χ0v) is 14.0. The van der Waals surface area contributed by atoms with Gasteiger partial charge in [0, 0.05) is 32.2 Å². The third-order valence-corrected chi connectivity index (χ3v) is 4.16. The van der Waals surface area contributed by atoms with E-state index in [0.29, 0.717) is 12.6 Å². The summed E-state index contributed by atoms with van der Waals surface area (Å²) in [5.41, 5.74) is 10.3. The Morgan fingerprint density at radius 2 is 1.95 bits per heavy atom. The van der Waals surface area contributed by atoms with Crippen molar-refractivity contribution >= 4 is 0 Å². The molecule has 0 radical (unpaired) electrons. The summed E-state index contributed by atoms with van der Waals surface area (Å²) in [6.07, 6.45) is 1.20. The zero-order chi connectivity index (χ0) is 15.4.